The molecule has 5 nitrogen and oxygen atoms in total. The van der Waals surface area contributed by atoms with Gasteiger partial charge in [-0.1, -0.05) is 66.2 Å². The second kappa shape index (κ2) is 14.1. The summed E-state index contributed by atoms with van der Waals surface area (Å²) in [6, 6.07) is 23.9. The number of ketones is 1. The Balaban J connectivity index is 1.50. The first-order valence-corrected chi connectivity index (χ1v) is 13.7. The van der Waals surface area contributed by atoms with Crippen LogP contribution in [-0.2, 0) is 24.6 Å². The zero-order valence-electron chi connectivity index (χ0n) is 21.3. The van der Waals surface area contributed by atoms with Gasteiger partial charge in [-0.3, -0.25) is 4.98 Å². The lowest BCUT2D eigenvalue weighted by Crippen LogP contribution is -2.16. The number of halogens is 2. The maximum Gasteiger partial charge on any atom is 0.142 e. The predicted octanol–water partition coefficient (Wildman–Crippen LogP) is 7.78. The summed E-state index contributed by atoms with van der Waals surface area (Å²) in [7, 11) is 0. The largest absolute Gasteiger partial charge is 0.488 e. The molecule has 196 valence electrons. The summed E-state index contributed by atoms with van der Waals surface area (Å²) in [4.78, 5) is 15.4. The zero-order valence-corrected chi connectivity index (χ0v) is 23.6. The molecule has 3 aromatic carbocycles. The number of hydrogen-bond donors (Lipinski definition) is 1. The van der Waals surface area contributed by atoms with E-state index in [1.54, 1.807) is 19.3 Å². The number of pyridine rings is 1. The molecule has 38 heavy (non-hydrogen) atoms. The van der Waals surface area contributed by atoms with Crippen molar-refractivity contribution in [3.8, 4) is 22.6 Å². The Kier molecular flexibility index (Phi) is 10.3. The number of nitrogens with zero attached hydrogens (tertiary/aromatic N) is 1. The van der Waals surface area contributed by atoms with Gasteiger partial charge in [0.05, 0.1) is 5.02 Å². The van der Waals surface area contributed by atoms with E-state index >= 15 is 0 Å². The third-order valence-corrected chi connectivity index (χ3v) is 7.21. The molecule has 0 amide bonds. The summed E-state index contributed by atoms with van der Waals surface area (Å²) >= 11 is 10.4. The number of carbonyl (C=O) groups is 1. The summed E-state index contributed by atoms with van der Waals surface area (Å²) in [6.45, 7) is 3.61. The van der Waals surface area contributed by atoms with Crippen LogP contribution >= 0.6 is 27.5 Å². The van der Waals surface area contributed by atoms with Crippen LogP contribution in [0.25, 0.3) is 11.1 Å². The van der Waals surface area contributed by atoms with Crippen LogP contribution in [0.4, 0.5) is 0 Å². The van der Waals surface area contributed by atoms with Gasteiger partial charge in [0.2, 0.25) is 0 Å². The topological polar surface area (TPSA) is 60.5 Å². The summed E-state index contributed by atoms with van der Waals surface area (Å²) in [5, 5.41) is 3.89. The lowest BCUT2D eigenvalue weighted by molar-refractivity contribution is -0.117. The molecule has 0 atom stereocenters. The average molecular weight is 594 g/mol. The van der Waals surface area contributed by atoms with Gasteiger partial charge in [0.1, 0.15) is 30.5 Å². The molecule has 0 aliphatic rings. The maximum atomic E-state index is 11.2. The first-order chi connectivity index (χ1) is 18.5. The van der Waals surface area contributed by atoms with E-state index in [4.69, 9.17) is 21.1 Å². The molecule has 0 fully saturated rings. The van der Waals surface area contributed by atoms with Crippen LogP contribution in [0.3, 0.4) is 0 Å². The van der Waals surface area contributed by atoms with Gasteiger partial charge in [-0.2, -0.15) is 0 Å². The molecular formula is C31H30BrClN2O3. The van der Waals surface area contributed by atoms with E-state index < -0.39 is 0 Å². The number of ether oxygens (including phenoxy) is 2. The van der Waals surface area contributed by atoms with E-state index in [1.807, 2.05) is 54.6 Å². The van der Waals surface area contributed by atoms with Crippen molar-refractivity contribution in [3.05, 3.63) is 111 Å². The van der Waals surface area contributed by atoms with E-state index in [0.717, 1.165) is 45.3 Å². The van der Waals surface area contributed by atoms with E-state index in [0.29, 0.717) is 42.7 Å². The van der Waals surface area contributed by atoms with Crippen molar-refractivity contribution >= 4 is 33.3 Å². The third-order valence-electron chi connectivity index (χ3n) is 5.98. The summed E-state index contributed by atoms with van der Waals surface area (Å²) in [6.07, 6.45) is 4.86. The highest BCUT2D eigenvalue weighted by Crippen LogP contribution is 2.36. The summed E-state index contributed by atoms with van der Waals surface area (Å²) in [5.41, 5.74) is 5.12. The van der Waals surface area contributed by atoms with Gasteiger partial charge >= 0.3 is 0 Å². The summed E-state index contributed by atoms with van der Waals surface area (Å²) in [5.74, 6) is 1.42. The molecule has 0 radical (unpaired) electrons. The number of rotatable bonds is 13. The Morgan fingerprint density at radius 1 is 0.947 bits per heavy atom. The van der Waals surface area contributed by atoms with Crippen LogP contribution in [0.5, 0.6) is 11.5 Å². The van der Waals surface area contributed by atoms with Gasteiger partial charge in [0.15, 0.2) is 0 Å². The van der Waals surface area contributed by atoms with Crippen LogP contribution in [0.1, 0.15) is 36.5 Å². The fourth-order valence-corrected chi connectivity index (χ4v) is 4.82. The molecule has 7 heteroatoms. The first kappa shape index (κ1) is 27.8. The molecule has 0 aliphatic carbocycles. The second-order valence-corrected chi connectivity index (χ2v) is 10.2. The molecule has 1 N–H and O–H groups in total. The highest BCUT2D eigenvalue weighted by Gasteiger charge is 2.14. The molecule has 1 heterocycles. The number of hydrogen-bond acceptors (Lipinski definition) is 5. The minimum atomic E-state index is 0.192. The van der Waals surface area contributed by atoms with E-state index in [2.05, 4.69) is 44.4 Å². The smallest absolute Gasteiger partial charge is 0.142 e. The standard InChI is InChI=1S/C31H30BrClN2O3/c1-22(36)8-6-14-35-19-26-16-28(33)30(17-29(26)37-20-23-9-7-15-34-18-23)38-21-25-12-5-13-27(31(25)32)24-10-3-2-4-11-24/h2-5,7,9-13,15-18,35H,6,8,14,19-21H2,1H3. The van der Waals surface area contributed by atoms with Crippen molar-refractivity contribution in [3.63, 3.8) is 0 Å². The van der Waals surface area contributed by atoms with Gasteiger partial charge in [-0.25, -0.2) is 0 Å². The lowest BCUT2D eigenvalue weighted by atomic mass is 10.0. The Labute approximate surface area is 237 Å². The summed E-state index contributed by atoms with van der Waals surface area (Å²) < 4.78 is 13.4. The molecule has 0 saturated carbocycles. The second-order valence-electron chi connectivity index (χ2n) is 8.96. The van der Waals surface area contributed by atoms with Gasteiger partial charge in [0.25, 0.3) is 0 Å². The van der Waals surface area contributed by atoms with Crippen molar-refractivity contribution < 1.29 is 14.3 Å². The average Bonchev–Trinajstić information content (AvgIpc) is 2.93. The molecule has 4 rings (SSSR count). The predicted molar refractivity (Wildman–Crippen MR) is 156 cm³/mol. The fraction of sp³-hybridized carbons (Fsp3) is 0.226. The molecule has 0 unspecified atom stereocenters. The van der Waals surface area contributed by atoms with Crippen LogP contribution < -0.4 is 14.8 Å². The molecule has 0 spiro atoms. The fourth-order valence-electron chi connectivity index (χ4n) is 3.98. The van der Waals surface area contributed by atoms with Gasteiger partial charge in [-0.05, 0) is 59.1 Å². The zero-order chi connectivity index (χ0) is 26.7. The highest BCUT2D eigenvalue weighted by molar-refractivity contribution is 9.10. The van der Waals surface area contributed by atoms with Gasteiger partial charge < -0.3 is 19.6 Å². The van der Waals surface area contributed by atoms with Gasteiger partial charge in [-0.15, -0.1) is 0 Å². The maximum absolute atomic E-state index is 11.2. The monoisotopic (exact) mass is 592 g/mol. The number of benzene rings is 3. The molecule has 4 aromatic rings. The van der Waals surface area contributed by atoms with Crippen molar-refractivity contribution in [2.45, 2.75) is 39.5 Å². The number of Topliss-reactive ketones (excluding diaryl/α,β-unsaturated/α-hetero) is 1. The minimum Gasteiger partial charge on any atom is -0.488 e. The quantitative estimate of drug-likeness (QED) is 0.160. The highest BCUT2D eigenvalue weighted by atomic mass is 79.9. The normalized spacial score (nSPS) is 10.8. The van der Waals surface area contributed by atoms with Crippen LogP contribution in [-0.4, -0.2) is 17.3 Å². The van der Waals surface area contributed by atoms with E-state index in [1.165, 1.54) is 0 Å². The van der Waals surface area contributed by atoms with Crippen molar-refractivity contribution in [1.29, 1.82) is 0 Å². The Hall–Kier alpha value is -3.19. The Morgan fingerprint density at radius 2 is 1.76 bits per heavy atom. The van der Waals surface area contributed by atoms with Crippen molar-refractivity contribution in [1.82, 2.24) is 10.3 Å². The van der Waals surface area contributed by atoms with Crippen molar-refractivity contribution in [2.24, 2.45) is 0 Å². The lowest BCUT2D eigenvalue weighted by Gasteiger charge is -2.17. The van der Waals surface area contributed by atoms with Crippen LogP contribution in [0, 0.1) is 0 Å². The molecular weight excluding hydrogens is 564 g/mol. The van der Waals surface area contributed by atoms with E-state index in [9.17, 15) is 4.79 Å². The van der Waals surface area contributed by atoms with Crippen LogP contribution in [0.15, 0.2) is 89.7 Å². The van der Waals surface area contributed by atoms with Crippen LogP contribution in [0.2, 0.25) is 5.02 Å². The number of aromatic nitrogens is 1. The SMILES string of the molecule is CC(=O)CCCNCc1cc(Cl)c(OCc2cccc(-c3ccccc3)c2Br)cc1OCc1cccnc1. The Morgan fingerprint density at radius 3 is 2.53 bits per heavy atom. The number of nitrogens with one attached hydrogen (secondary N) is 1. The molecule has 0 saturated heterocycles. The molecule has 0 aliphatic heterocycles. The van der Waals surface area contributed by atoms with E-state index in [-0.39, 0.29) is 5.78 Å². The number of carbonyl (C=O) groups excluding carboxylic acids is 1. The first-order valence-electron chi connectivity index (χ1n) is 12.5. The Bertz CT molecular complexity index is 1350. The minimum absolute atomic E-state index is 0.192. The third kappa shape index (κ3) is 7.90. The molecule has 1 aromatic heterocycles. The van der Waals surface area contributed by atoms with Gasteiger partial charge in [0, 0.05) is 52.6 Å². The van der Waals surface area contributed by atoms with Crippen molar-refractivity contribution in [2.75, 3.05) is 6.54 Å². The molecule has 0 bridgehead atoms.